The fraction of sp³-hybridized carbons (Fsp3) is 0.130. The van der Waals surface area contributed by atoms with Crippen molar-refractivity contribution in [3.8, 4) is 17.2 Å². The number of aromatic nitrogens is 1. The van der Waals surface area contributed by atoms with E-state index in [0.717, 1.165) is 16.7 Å². The maximum absolute atomic E-state index is 12.5. The van der Waals surface area contributed by atoms with Gasteiger partial charge in [-0.15, -0.1) is 0 Å². The molecule has 0 fully saturated rings. The molecule has 3 aromatic rings. The Morgan fingerprint density at radius 1 is 0.966 bits per heavy atom. The van der Waals surface area contributed by atoms with Crippen molar-refractivity contribution in [2.45, 2.75) is 12.5 Å². The number of rotatable bonds is 7. The minimum Gasteiger partial charge on any atom is -0.341 e. The molecule has 0 bridgehead atoms. The van der Waals surface area contributed by atoms with E-state index in [9.17, 15) is 9.59 Å². The van der Waals surface area contributed by atoms with E-state index in [-0.39, 0.29) is 12.5 Å². The number of pyridine rings is 1. The number of carbonyl (C=O) groups excluding carboxylic acids is 2. The summed E-state index contributed by atoms with van der Waals surface area (Å²) < 4.78 is 0. The van der Waals surface area contributed by atoms with Crippen LogP contribution in [0.1, 0.15) is 15.9 Å². The summed E-state index contributed by atoms with van der Waals surface area (Å²) in [5, 5.41) is 14.1. The minimum absolute atomic E-state index is 0.117. The molecule has 0 spiro atoms. The topological polar surface area (TPSA) is 94.9 Å². The lowest BCUT2D eigenvalue weighted by molar-refractivity contribution is -0.122. The molecule has 0 unspecified atom stereocenters. The van der Waals surface area contributed by atoms with Crippen molar-refractivity contribution >= 4 is 11.8 Å². The first-order chi connectivity index (χ1) is 14.2. The highest BCUT2D eigenvalue weighted by atomic mass is 16.2. The molecule has 0 aliphatic heterocycles. The molecule has 0 saturated carbocycles. The largest absolute Gasteiger partial charge is 0.341 e. The Balaban J connectivity index is 1.80. The van der Waals surface area contributed by atoms with Crippen molar-refractivity contribution in [3.63, 3.8) is 0 Å². The molecular weight excluding hydrogens is 364 g/mol. The first kappa shape index (κ1) is 19.8. The molecule has 0 radical (unpaired) electrons. The predicted molar refractivity (Wildman–Crippen MR) is 110 cm³/mol. The van der Waals surface area contributed by atoms with Gasteiger partial charge in [0.05, 0.1) is 6.07 Å². The third-order valence-corrected chi connectivity index (χ3v) is 4.38. The second-order valence-electron chi connectivity index (χ2n) is 6.41. The standard InChI is InChI=1S/C23H20N4O2/c24-11-14-26-23(29)21(27-22(28)19-6-2-1-3-7-19)16-17-5-4-8-20(15-17)18-9-12-25-13-10-18/h1-10,12-13,15,21H,14,16H2,(H,26,29)(H,27,28)/t21-/m0/s1. The van der Waals surface area contributed by atoms with Gasteiger partial charge < -0.3 is 10.6 Å². The molecule has 2 aromatic carbocycles. The second-order valence-corrected chi connectivity index (χ2v) is 6.41. The van der Waals surface area contributed by atoms with E-state index in [1.807, 2.05) is 48.5 Å². The number of carbonyl (C=O) groups is 2. The average Bonchev–Trinajstić information content (AvgIpc) is 2.78. The zero-order valence-electron chi connectivity index (χ0n) is 15.7. The van der Waals surface area contributed by atoms with Crippen molar-refractivity contribution in [3.05, 3.63) is 90.3 Å². The summed E-state index contributed by atoms with van der Waals surface area (Å²) in [7, 11) is 0. The quantitative estimate of drug-likeness (QED) is 0.613. The van der Waals surface area contributed by atoms with Crippen LogP contribution in [0, 0.1) is 11.3 Å². The maximum atomic E-state index is 12.5. The van der Waals surface area contributed by atoms with Crippen molar-refractivity contribution in [1.82, 2.24) is 15.6 Å². The number of amides is 2. The minimum atomic E-state index is -0.802. The number of hydrogen-bond donors (Lipinski definition) is 2. The number of nitrogens with zero attached hydrogens (tertiary/aromatic N) is 2. The smallest absolute Gasteiger partial charge is 0.251 e. The molecule has 1 atom stereocenters. The van der Waals surface area contributed by atoms with Gasteiger partial charge in [-0.25, -0.2) is 0 Å². The molecule has 1 aromatic heterocycles. The number of benzene rings is 2. The van der Waals surface area contributed by atoms with Gasteiger partial charge >= 0.3 is 0 Å². The molecule has 29 heavy (non-hydrogen) atoms. The van der Waals surface area contributed by atoms with Gasteiger partial charge in [0, 0.05) is 24.4 Å². The number of nitriles is 1. The molecule has 144 valence electrons. The predicted octanol–water partition coefficient (Wildman–Crippen LogP) is 2.73. The third kappa shape index (κ3) is 5.50. The molecule has 0 saturated heterocycles. The van der Waals surface area contributed by atoms with Gasteiger partial charge in [-0.2, -0.15) is 5.26 Å². The fourth-order valence-electron chi connectivity index (χ4n) is 2.95. The normalized spacial score (nSPS) is 11.1. The molecule has 2 amide bonds. The Morgan fingerprint density at radius 3 is 2.45 bits per heavy atom. The summed E-state index contributed by atoms with van der Waals surface area (Å²) >= 11 is 0. The van der Waals surface area contributed by atoms with Crippen molar-refractivity contribution < 1.29 is 9.59 Å². The van der Waals surface area contributed by atoms with E-state index in [2.05, 4.69) is 15.6 Å². The zero-order valence-corrected chi connectivity index (χ0v) is 15.7. The van der Waals surface area contributed by atoms with Gasteiger partial charge in [0.15, 0.2) is 0 Å². The van der Waals surface area contributed by atoms with Gasteiger partial charge in [0.25, 0.3) is 5.91 Å². The van der Waals surface area contributed by atoms with Crippen LogP contribution in [0.2, 0.25) is 0 Å². The van der Waals surface area contributed by atoms with E-state index >= 15 is 0 Å². The van der Waals surface area contributed by atoms with Crippen molar-refractivity contribution in [1.29, 1.82) is 5.26 Å². The molecule has 6 nitrogen and oxygen atoms in total. The summed E-state index contributed by atoms with van der Waals surface area (Å²) in [6, 6.07) is 21.4. The summed E-state index contributed by atoms with van der Waals surface area (Å²) in [6.45, 7) is -0.117. The summed E-state index contributed by atoms with van der Waals surface area (Å²) in [5.74, 6) is -0.738. The van der Waals surface area contributed by atoms with Gasteiger partial charge in [0.2, 0.25) is 5.91 Å². The SMILES string of the molecule is N#CCNC(=O)[C@H](Cc1cccc(-c2ccncc2)c1)NC(=O)c1ccccc1. The monoisotopic (exact) mass is 384 g/mol. The Labute approximate surface area is 169 Å². The second kappa shape index (κ2) is 9.81. The lowest BCUT2D eigenvalue weighted by Gasteiger charge is -2.18. The van der Waals surface area contributed by atoms with Crippen LogP contribution in [0.5, 0.6) is 0 Å². The van der Waals surface area contributed by atoms with E-state index in [4.69, 9.17) is 5.26 Å². The average molecular weight is 384 g/mol. The van der Waals surface area contributed by atoms with Gasteiger partial charge in [0.1, 0.15) is 12.6 Å². The van der Waals surface area contributed by atoms with E-state index < -0.39 is 11.9 Å². The molecular formula is C23H20N4O2. The Morgan fingerprint density at radius 2 is 1.72 bits per heavy atom. The lowest BCUT2D eigenvalue weighted by atomic mass is 9.99. The highest BCUT2D eigenvalue weighted by Gasteiger charge is 2.22. The highest BCUT2D eigenvalue weighted by molar-refractivity contribution is 5.97. The van der Waals surface area contributed by atoms with Crippen LogP contribution in [-0.4, -0.2) is 29.4 Å². The summed E-state index contributed by atoms with van der Waals surface area (Å²) in [5.41, 5.74) is 3.37. The van der Waals surface area contributed by atoms with Crippen LogP contribution in [-0.2, 0) is 11.2 Å². The molecule has 0 aliphatic carbocycles. The van der Waals surface area contributed by atoms with E-state index in [0.29, 0.717) is 12.0 Å². The van der Waals surface area contributed by atoms with Crippen LogP contribution < -0.4 is 10.6 Å². The first-order valence-corrected chi connectivity index (χ1v) is 9.17. The van der Waals surface area contributed by atoms with Crippen LogP contribution in [0.15, 0.2) is 79.1 Å². The van der Waals surface area contributed by atoms with E-state index in [1.165, 1.54) is 0 Å². The molecule has 0 aliphatic rings. The highest BCUT2D eigenvalue weighted by Crippen LogP contribution is 2.20. The van der Waals surface area contributed by atoms with Crippen LogP contribution in [0.4, 0.5) is 0 Å². The van der Waals surface area contributed by atoms with Gasteiger partial charge in [-0.1, -0.05) is 42.5 Å². The zero-order chi connectivity index (χ0) is 20.5. The van der Waals surface area contributed by atoms with Crippen LogP contribution >= 0.6 is 0 Å². The van der Waals surface area contributed by atoms with Crippen LogP contribution in [0.3, 0.4) is 0 Å². The lowest BCUT2D eigenvalue weighted by Crippen LogP contribution is -2.48. The fourth-order valence-corrected chi connectivity index (χ4v) is 2.95. The van der Waals surface area contributed by atoms with Crippen molar-refractivity contribution in [2.24, 2.45) is 0 Å². The first-order valence-electron chi connectivity index (χ1n) is 9.17. The number of nitrogens with one attached hydrogen (secondary N) is 2. The Hall–Kier alpha value is -3.98. The number of hydrogen-bond acceptors (Lipinski definition) is 4. The van der Waals surface area contributed by atoms with Crippen LogP contribution in [0.25, 0.3) is 11.1 Å². The van der Waals surface area contributed by atoms with E-state index in [1.54, 1.807) is 36.7 Å². The third-order valence-electron chi connectivity index (χ3n) is 4.38. The summed E-state index contributed by atoms with van der Waals surface area (Å²) in [6.07, 6.45) is 3.75. The van der Waals surface area contributed by atoms with Gasteiger partial charge in [-0.05, 0) is 41.0 Å². The Bertz CT molecular complexity index is 1010. The summed E-state index contributed by atoms with van der Waals surface area (Å²) in [4.78, 5) is 29.1. The Kier molecular flexibility index (Phi) is 6.69. The molecule has 1 heterocycles. The van der Waals surface area contributed by atoms with Crippen molar-refractivity contribution in [2.75, 3.05) is 6.54 Å². The maximum Gasteiger partial charge on any atom is 0.251 e. The van der Waals surface area contributed by atoms with Gasteiger partial charge in [-0.3, -0.25) is 14.6 Å². The molecule has 3 rings (SSSR count). The molecule has 2 N–H and O–H groups in total. The molecule has 6 heteroatoms.